The van der Waals surface area contributed by atoms with Crippen LogP contribution in [0.2, 0.25) is 0 Å². The molecule has 1 atom stereocenters. The number of alkyl carbamates (subject to hydrolysis) is 1. The highest BCUT2D eigenvalue weighted by Gasteiger charge is 2.20. The molecule has 0 aliphatic rings. The fourth-order valence-corrected chi connectivity index (χ4v) is 1.09. The molecule has 4 nitrogen and oxygen atoms in total. The van der Waals surface area contributed by atoms with E-state index in [9.17, 15) is 9.59 Å². The molecular formula is C12H20BNO3. The minimum absolute atomic E-state index is 0.0970. The van der Waals surface area contributed by atoms with Gasteiger partial charge in [-0.25, -0.2) is 4.79 Å². The Kier molecular flexibility index (Phi) is 6.00. The van der Waals surface area contributed by atoms with E-state index in [1.54, 1.807) is 20.8 Å². The molecule has 0 aromatic carbocycles. The van der Waals surface area contributed by atoms with Crippen LogP contribution in [0.1, 0.15) is 34.6 Å². The molecule has 0 aromatic rings. The summed E-state index contributed by atoms with van der Waals surface area (Å²) in [5.74, 6) is 0.112. The smallest absolute Gasteiger partial charge is 0.408 e. The van der Waals surface area contributed by atoms with Crippen molar-refractivity contribution in [2.45, 2.75) is 46.3 Å². The summed E-state index contributed by atoms with van der Waals surface area (Å²) < 4.78 is 5.13. The Labute approximate surface area is 104 Å². The molecule has 0 aliphatic carbocycles. The summed E-state index contributed by atoms with van der Waals surface area (Å²) in [6, 6.07) is -0.324. The monoisotopic (exact) mass is 237 g/mol. The molecule has 17 heavy (non-hydrogen) atoms. The highest BCUT2D eigenvalue weighted by atomic mass is 16.6. The molecule has 0 saturated heterocycles. The van der Waals surface area contributed by atoms with E-state index in [2.05, 4.69) is 5.32 Å². The number of carbonyl (C=O) groups is 2. The number of aldehydes is 1. The van der Waals surface area contributed by atoms with Crippen LogP contribution in [0.5, 0.6) is 0 Å². The third-order valence-corrected chi connectivity index (χ3v) is 1.91. The topological polar surface area (TPSA) is 55.4 Å². The SMILES string of the molecule is [B]/C(C=O)=C/C(NC(=O)OC(C)(C)C)C(C)C. The van der Waals surface area contributed by atoms with Gasteiger partial charge in [-0.05, 0) is 26.7 Å². The van der Waals surface area contributed by atoms with E-state index in [1.807, 2.05) is 13.8 Å². The summed E-state index contributed by atoms with van der Waals surface area (Å²) >= 11 is 0. The fourth-order valence-electron chi connectivity index (χ4n) is 1.09. The number of ether oxygens (including phenoxy) is 1. The van der Waals surface area contributed by atoms with Gasteiger partial charge < -0.3 is 10.1 Å². The van der Waals surface area contributed by atoms with Crippen molar-refractivity contribution < 1.29 is 14.3 Å². The van der Waals surface area contributed by atoms with Gasteiger partial charge in [0.25, 0.3) is 0 Å². The van der Waals surface area contributed by atoms with Crippen molar-refractivity contribution in [3.8, 4) is 0 Å². The lowest BCUT2D eigenvalue weighted by molar-refractivity contribution is -0.104. The molecule has 0 saturated carbocycles. The number of rotatable bonds is 4. The van der Waals surface area contributed by atoms with E-state index < -0.39 is 11.7 Å². The number of hydrogen-bond donors (Lipinski definition) is 1. The quantitative estimate of drug-likeness (QED) is 0.460. The van der Waals surface area contributed by atoms with Gasteiger partial charge in [0.05, 0.1) is 6.04 Å². The number of carbonyl (C=O) groups excluding carboxylic acids is 2. The minimum Gasteiger partial charge on any atom is -0.444 e. The van der Waals surface area contributed by atoms with Gasteiger partial charge in [0, 0.05) is 0 Å². The van der Waals surface area contributed by atoms with E-state index in [1.165, 1.54) is 6.08 Å². The molecule has 0 fully saturated rings. The third-order valence-electron chi connectivity index (χ3n) is 1.91. The Morgan fingerprint density at radius 2 is 1.88 bits per heavy atom. The molecule has 94 valence electrons. The second-order valence-corrected chi connectivity index (χ2v) is 5.20. The number of allylic oxidation sites excluding steroid dienone is 1. The van der Waals surface area contributed by atoms with Crippen molar-refractivity contribution in [1.82, 2.24) is 5.32 Å². The normalized spacial score (nSPS) is 14.4. The predicted molar refractivity (Wildman–Crippen MR) is 67.9 cm³/mol. The first kappa shape index (κ1) is 15.7. The van der Waals surface area contributed by atoms with Crippen LogP contribution < -0.4 is 5.32 Å². The van der Waals surface area contributed by atoms with Crippen LogP contribution in [0.15, 0.2) is 11.5 Å². The van der Waals surface area contributed by atoms with E-state index in [0.717, 1.165) is 0 Å². The van der Waals surface area contributed by atoms with Gasteiger partial charge in [0.1, 0.15) is 19.7 Å². The molecule has 5 heteroatoms. The fraction of sp³-hybridized carbons (Fsp3) is 0.667. The molecule has 1 unspecified atom stereocenters. The van der Waals surface area contributed by atoms with Gasteiger partial charge in [-0.1, -0.05) is 25.4 Å². The van der Waals surface area contributed by atoms with Gasteiger partial charge in [-0.15, -0.1) is 0 Å². The molecule has 0 aromatic heterocycles. The van der Waals surface area contributed by atoms with Crippen LogP contribution in [0.4, 0.5) is 4.79 Å². The summed E-state index contributed by atoms with van der Waals surface area (Å²) in [7, 11) is 5.42. The van der Waals surface area contributed by atoms with Gasteiger partial charge in [-0.2, -0.15) is 0 Å². The summed E-state index contributed by atoms with van der Waals surface area (Å²) in [5, 5.41) is 2.66. The van der Waals surface area contributed by atoms with E-state index >= 15 is 0 Å². The maximum absolute atomic E-state index is 11.6. The lowest BCUT2D eigenvalue weighted by Crippen LogP contribution is -2.41. The lowest BCUT2D eigenvalue weighted by Gasteiger charge is -2.24. The first-order valence-corrected chi connectivity index (χ1v) is 5.57. The highest BCUT2D eigenvalue weighted by molar-refractivity contribution is 6.32. The average Bonchev–Trinajstić information content (AvgIpc) is 2.13. The van der Waals surface area contributed by atoms with Crippen LogP contribution in [-0.4, -0.2) is 31.9 Å². The maximum atomic E-state index is 11.6. The van der Waals surface area contributed by atoms with Crippen LogP contribution >= 0.6 is 0 Å². The zero-order valence-corrected chi connectivity index (χ0v) is 11.1. The zero-order chi connectivity index (χ0) is 13.6. The van der Waals surface area contributed by atoms with Crippen molar-refractivity contribution in [1.29, 1.82) is 0 Å². The van der Waals surface area contributed by atoms with E-state index in [0.29, 0.717) is 6.29 Å². The molecule has 0 bridgehead atoms. The second-order valence-electron chi connectivity index (χ2n) is 5.20. The molecule has 0 spiro atoms. The van der Waals surface area contributed by atoms with Gasteiger partial charge >= 0.3 is 6.09 Å². The molecule has 0 aliphatic heterocycles. The summed E-state index contributed by atoms with van der Waals surface area (Å²) in [6.07, 6.45) is 1.54. The largest absolute Gasteiger partial charge is 0.444 e. The Hall–Kier alpha value is -1.26. The molecular weight excluding hydrogens is 217 g/mol. The van der Waals surface area contributed by atoms with E-state index in [4.69, 9.17) is 12.6 Å². The summed E-state index contributed by atoms with van der Waals surface area (Å²) in [5.41, 5.74) is -0.453. The standard InChI is InChI=1S/C12H20BNO3/c1-8(2)10(6-9(13)7-15)14-11(16)17-12(3,4)5/h6-8,10H,1-5H3,(H,14,16)/b9-6+. The number of amides is 1. The third kappa shape index (κ3) is 7.61. The van der Waals surface area contributed by atoms with Crippen LogP contribution in [-0.2, 0) is 9.53 Å². The maximum Gasteiger partial charge on any atom is 0.408 e. The first-order valence-electron chi connectivity index (χ1n) is 5.57. The van der Waals surface area contributed by atoms with Crippen molar-refractivity contribution in [2.75, 3.05) is 0 Å². The van der Waals surface area contributed by atoms with Crippen molar-refractivity contribution >= 4 is 20.2 Å². The second kappa shape index (κ2) is 6.47. The van der Waals surface area contributed by atoms with Crippen LogP contribution in [0, 0.1) is 5.92 Å². The molecule has 1 N–H and O–H groups in total. The van der Waals surface area contributed by atoms with Gasteiger partial charge in [0.2, 0.25) is 0 Å². The Morgan fingerprint density at radius 3 is 2.24 bits per heavy atom. The Morgan fingerprint density at radius 1 is 1.35 bits per heavy atom. The van der Waals surface area contributed by atoms with Gasteiger partial charge in [-0.3, -0.25) is 4.79 Å². The molecule has 0 heterocycles. The summed E-state index contributed by atoms with van der Waals surface area (Å²) in [4.78, 5) is 22.0. The number of nitrogens with one attached hydrogen (secondary N) is 1. The van der Waals surface area contributed by atoms with Crippen molar-refractivity contribution in [2.24, 2.45) is 5.92 Å². The Bertz CT molecular complexity index is 305. The average molecular weight is 237 g/mol. The van der Waals surface area contributed by atoms with Crippen molar-refractivity contribution in [3.63, 3.8) is 0 Å². The van der Waals surface area contributed by atoms with Crippen LogP contribution in [0.3, 0.4) is 0 Å². The van der Waals surface area contributed by atoms with Gasteiger partial charge in [0.15, 0.2) is 0 Å². The molecule has 0 rings (SSSR count). The zero-order valence-electron chi connectivity index (χ0n) is 11.1. The van der Waals surface area contributed by atoms with Crippen molar-refractivity contribution in [3.05, 3.63) is 11.5 Å². The highest BCUT2D eigenvalue weighted by Crippen LogP contribution is 2.09. The number of hydrogen-bond acceptors (Lipinski definition) is 3. The first-order chi connectivity index (χ1) is 7.65. The Balaban J connectivity index is 4.57. The predicted octanol–water partition coefficient (Wildman–Crippen LogP) is 1.79. The van der Waals surface area contributed by atoms with Crippen LogP contribution in [0.25, 0.3) is 0 Å². The molecule has 2 radical (unpaired) electrons. The minimum atomic E-state index is -0.550. The lowest BCUT2D eigenvalue weighted by atomic mass is 9.92. The van der Waals surface area contributed by atoms with E-state index in [-0.39, 0.29) is 17.4 Å². The summed E-state index contributed by atoms with van der Waals surface area (Å²) in [6.45, 7) is 9.18. The molecule has 1 amide bonds.